The topological polar surface area (TPSA) is 37.3 Å². The van der Waals surface area contributed by atoms with E-state index >= 15 is 0 Å². The van der Waals surface area contributed by atoms with Crippen molar-refractivity contribution in [3.8, 4) is 0 Å². The number of carboxylic acids is 1. The molecule has 0 amide bonds. The van der Waals surface area contributed by atoms with E-state index in [1.807, 2.05) is 0 Å². The monoisotopic (exact) mass is 234 g/mol. The summed E-state index contributed by atoms with van der Waals surface area (Å²) in [5.41, 5.74) is 3.78. The van der Waals surface area contributed by atoms with Crippen molar-refractivity contribution < 1.29 is 9.90 Å². The molecule has 0 unspecified atom stereocenters. The number of hydrogen-bond acceptors (Lipinski definition) is 1. The van der Waals surface area contributed by atoms with E-state index in [2.05, 4.69) is 20.4 Å². The molecule has 0 spiro atoms. The molecular weight excluding hydrogens is 212 g/mol. The number of hydrogen-bond donors (Lipinski definition) is 1. The van der Waals surface area contributed by atoms with E-state index in [1.54, 1.807) is 0 Å². The zero-order valence-corrected chi connectivity index (χ0v) is 10.9. The molecule has 0 aromatic heterocycles. The molecule has 2 aliphatic carbocycles. The van der Waals surface area contributed by atoms with Crippen LogP contribution >= 0.6 is 0 Å². The first-order chi connectivity index (χ1) is 7.94. The lowest BCUT2D eigenvalue weighted by molar-refractivity contribution is -0.133. The summed E-state index contributed by atoms with van der Waals surface area (Å²) in [6, 6.07) is 0. The van der Waals surface area contributed by atoms with Crippen molar-refractivity contribution >= 4 is 5.97 Å². The molecule has 2 nitrogen and oxygen atoms in total. The largest absolute Gasteiger partial charge is 0.478 e. The van der Waals surface area contributed by atoms with E-state index < -0.39 is 5.97 Å². The number of aliphatic carboxylic acids is 1. The van der Waals surface area contributed by atoms with Crippen molar-refractivity contribution in [1.29, 1.82) is 0 Å². The molecule has 17 heavy (non-hydrogen) atoms. The van der Waals surface area contributed by atoms with Gasteiger partial charge in [0.2, 0.25) is 0 Å². The summed E-state index contributed by atoms with van der Waals surface area (Å²) >= 11 is 0. The van der Waals surface area contributed by atoms with Gasteiger partial charge in [-0.1, -0.05) is 24.6 Å². The van der Waals surface area contributed by atoms with Gasteiger partial charge in [-0.25, -0.2) is 4.79 Å². The van der Waals surface area contributed by atoms with Crippen LogP contribution in [0.3, 0.4) is 0 Å². The van der Waals surface area contributed by atoms with Crippen LogP contribution in [-0.4, -0.2) is 11.1 Å². The third-order valence-electron chi connectivity index (χ3n) is 4.79. The average Bonchev–Trinajstić information content (AvgIpc) is 2.27. The number of allylic oxidation sites excluding steroid dienone is 2. The Bertz CT molecular complexity index is 392. The maximum absolute atomic E-state index is 11.0. The summed E-state index contributed by atoms with van der Waals surface area (Å²) < 4.78 is 0. The van der Waals surface area contributed by atoms with E-state index in [4.69, 9.17) is 5.11 Å². The van der Waals surface area contributed by atoms with Gasteiger partial charge in [0.15, 0.2) is 0 Å². The third kappa shape index (κ3) is 2.18. The van der Waals surface area contributed by atoms with Gasteiger partial charge in [-0.2, -0.15) is 0 Å². The van der Waals surface area contributed by atoms with E-state index in [9.17, 15) is 4.79 Å². The van der Waals surface area contributed by atoms with Crippen LogP contribution in [0.5, 0.6) is 0 Å². The van der Waals surface area contributed by atoms with Gasteiger partial charge < -0.3 is 5.11 Å². The van der Waals surface area contributed by atoms with E-state index in [-0.39, 0.29) is 5.92 Å². The summed E-state index contributed by atoms with van der Waals surface area (Å²) in [5, 5.41) is 9.04. The average molecular weight is 234 g/mol. The first kappa shape index (κ1) is 12.4. The quantitative estimate of drug-likeness (QED) is 0.580. The molecule has 2 aliphatic rings. The molecule has 0 aromatic rings. The molecule has 0 radical (unpaired) electrons. The summed E-state index contributed by atoms with van der Waals surface area (Å²) in [4.78, 5) is 11.0. The van der Waals surface area contributed by atoms with Gasteiger partial charge in [0.1, 0.15) is 0 Å². The molecule has 0 aliphatic heterocycles. The highest BCUT2D eigenvalue weighted by atomic mass is 16.4. The minimum Gasteiger partial charge on any atom is -0.478 e. The van der Waals surface area contributed by atoms with Gasteiger partial charge in [-0.3, -0.25) is 0 Å². The fourth-order valence-electron chi connectivity index (χ4n) is 3.57. The highest BCUT2D eigenvalue weighted by Crippen LogP contribution is 2.51. The molecule has 1 N–H and O–H groups in total. The first-order valence-electron chi connectivity index (χ1n) is 6.55. The van der Waals surface area contributed by atoms with Crippen molar-refractivity contribution in [2.45, 2.75) is 52.4 Å². The van der Waals surface area contributed by atoms with E-state index in [1.165, 1.54) is 30.4 Å². The van der Waals surface area contributed by atoms with Crippen molar-refractivity contribution in [2.75, 3.05) is 0 Å². The molecule has 0 aromatic carbocycles. The van der Waals surface area contributed by atoms with E-state index in [0.29, 0.717) is 11.0 Å². The van der Waals surface area contributed by atoms with Gasteiger partial charge in [0.05, 0.1) is 0 Å². The third-order valence-corrected chi connectivity index (χ3v) is 4.79. The van der Waals surface area contributed by atoms with Gasteiger partial charge in [0.25, 0.3) is 0 Å². The lowest BCUT2D eigenvalue weighted by atomic mass is 9.61. The van der Waals surface area contributed by atoms with Crippen LogP contribution in [0.15, 0.2) is 23.3 Å². The standard InChI is InChI=1S/C15H22O2/c1-10-5-4-7-15(3)8-6-12(9-13(10)15)11(2)14(16)17/h12H,2,4-9H2,1,3H3,(H,16,17)/t12-,15-/m1/s1. The Morgan fingerprint density at radius 1 is 1.47 bits per heavy atom. The number of carboxylic acid groups (broad SMARTS) is 1. The van der Waals surface area contributed by atoms with Gasteiger partial charge >= 0.3 is 5.97 Å². The Hall–Kier alpha value is -1.05. The summed E-state index contributed by atoms with van der Waals surface area (Å²) in [6.07, 6.45) is 6.78. The second-order valence-corrected chi connectivity index (χ2v) is 5.94. The Morgan fingerprint density at radius 2 is 2.18 bits per heavy atom. The van der Waals surface area contributed by atoms with Gasteiger partial charge in [-0.05, 0) is 56.8 Å². The van der Waals surface area contributed by atoms with Crippen molar-refractivity contribution in [1.82, 2.24) is 0 Å². The number of carbonyl (C=O) groups is 1. The molecular formula is C15H22O2. The zero-order chi connectivity index (χ0) is 12.6. The predicted octanol–water partition coefficient (Wildman–Crippen LogP) is 3.93. The minimum absolute atomic E-state index is 0.156. The Kier molecular flexibility index (Phi) is 3.15. The molecule has 0 saturated heterocycles. The maximum Gasteiger partial charge on any atom is 0.331 e. The van der Waals surface area contributed by atoms with Crippen LogP contribution in [0.25, 0.3) is 0 Å². The molecule has 0 heterocycles. The first-order valence-corrected chi connectivity index (χ1v) is 6.55. The predicted molar refractivity (Wildman–Crippen MR) is 68.8 cm³/mol. The SMILES string of the molecule is C=C(C(=O)O)[C@@H]1CC[C@@]2(C)CCCC(C)=C2C1. The molecule has 1 fully saturated rings. The van der Waals surface area contributed by atoms with Gasteiger partial charge in [0, 0.05) is 5.57 Å². The lowest BCUT2D eigenvalue weighted by Crippen LogP contribution is -2.32. The smallest absolute Gasteiger partial charge is 0.331 e. The van der Waals surface area contributed by atoms with Gasteiger partial charge in [-0.15, -0.1) is 0 Å². The fourth-order valence-corrected chi connectivity index (χ4v) is 3.57. The van der Waals surface area contributed by atoms with Crippen LogP contribution in [0.2, 0.25) is 0 Å². The molecule has 1 saturated carbocycles. The second-order valence-electron chi connectivity index (χ2n) is 5.94. The fraction of sp³-hybridized carbons (Fsp3) is 0.667. The molecule has 94 valence electrons. The molecule has 2 rings (SSSR count). The van der Waals surface area contributed by atoms with Crippen LogP contribution in [0.1, 0.15) is 52.4 Å². The summed E-state index contributed by atoms with van der Waals surface area (Å²) in [7, 11) is 0. The molecule has 2 atom stereocenters. The molecule has 2 heteroatoms. The normalized spacial score (nSPS) is 33.2. The zero-order valence-electron chi connectivity index (χ0n) is 10.9. The minimum atomic E-state index is -0.826. The Morgan fingerprint density at radius 3 is 2.82 bits per heavy atom. The summed E-state index contributed by atoms with van der Waals surface area (Å²) in [6.45, 7) is 8.31. The van der Waals surface area contributed by atoms with Crippen molar-refractivity contribution in [2.24, 2.45) is 11.3 Å². The number of fused-ring (bicyclic) bond motifs is 1. The highest BCUT2D eigenvalue weighted by molar-refractivity contribution is 5.86. The van der Waals surface area contributed by atoms with Crippen LogP contribution in [-0.2, 0) is 4.79 Å². The second kappa shape index (κ2) is 4.32. The molecule has 0 bridgehead atoms. The van der Waals surface area contributed by atoms with E-state index in [0.717, 1.165) is 19.3 Å². The van der Waals surface area contributed by atoms with Crippen LogP contribution < -0.4 is 0 Å². The van der Waals surface area contributed by atoms with Crippen LogP contribution in [0.4, 0.5) is 0 Å². The summed E-state index contributed by atoms with van der Waals surface area (Å²) in [5.74, 6) is -0.670. The maximum atomic E-state index is 11.0. The van der Waals surface area contributed by atoms with Crippen molar-refractivity contribution in [3.63, 3.8) is 0 Å². The Balaban J connectivity index is 2.22. The van der Waals surface area contributed by atoms with Crippen LogP contribution in [0, 0.1) is 11.3 Å². The lowest BCUT2D eigenvalue weighted by Gasteiger charge is -2.44. The van der Waals surface area contributed by atoms with Crippen molar-refractivity contribution in [3.05, 3.63) is 23.3 Å². The Labute approximate surface area is 103 Å². The highest BCUT2D eigenvalue weighted by Gasteiger charge is 2.39. The number of rotatable bonds is 2.